The molecule has 9 heteroatoms. The predicted molar refractivity (Wildman–Crippen MR) is 126 cm³/mol. The van der Waals surface area contributed by atoms with Gasteiger partial charge in [-0.2, -0.15) is 0 Å². The first-order chi connectivity index (χ1) is 14.8. The van der Waals surface area contributed by atoms with Crippen molar-refractivity contribution in [2.24, 2.45) is 5.14 Å². The molecule has 0 spiro atoms. The Morgan fingerprint density at radius 1 is 1.03 bits per heavy atom. The number of amides is 1. The monoisotopic (exact) mass is 470 g/mol. The summed E-state index contributed by atoms with van der Waals surface area (Å²) in [5, 5.41) is 5.12. The molecule has 1 saturated heterocycles. The highest BCUT2D eigenvalue weighted by Gasteiger charge is 2.31. The van der Waals surface area contributed by atoms with E-state index < -0.39 is 10.0 Å². The van der Waals surface area contributed by atoms with Crippen LogP contribution in [0.5, 0.6) is 0 Å². The third kappa shape index (κ3) is 4.96. The largest absolute Gasteiger partial charge is 0.457 e. The Kier molecular flexibility index (Phi) is 6.10. The number of nitrogens with zero attached hydrogens (tertiary/aromatic N) is 1. The van der Waals surface area contributed by atoms with Gasteiger partial charge in [-0.1, -0.05) is 54.3 Å². The van der Waals surface area contributed by atoms with Crippen LogP contribution in [0.4, 0.5) is 0 Å². The number of hydrogen-bond donors (Lipinski definition) is 1. The molecule has 2 aromatic carbocycles. The van der Waals surface area contributed by atoms with Crippen LogP contribution in [0.2, 0.25) is 0 Å². The van der Waals surface area contributed by atoms with Crippen LogP contribution in [0.3, 0.4) is 0 Å². The second-order valence-electron chi connectivity index (χ2n) is 6.84. The maximum atomic E-state index is 12.8. The van der Waals surface area contributed by atoms with E-state index in [9.17, 15) is 13.2 Å². The summed E-state index contributed by atoms with van der Waals surface area (Å²) >= 11 is 6.64. The molecule has 4 rings (SSSR count). The van der Waals surface area contributed by atoms with Crippen molar-refractivity contribution >= 4 is 50.3 Å². The Labute approximate surface area is 189 Å². The molecule has 2 N–H and O–H groups in total. The minimum absolute atomic E-state index is 0.0298. The second-order valence-corrected chi connectivity index (χ2v) is 10.1. The second kappa shape index (κ2) is 8.80. The lowest BCUT2D eigenvalue weighted by atomic mass is 10.1. The number of sulfonamides is 1. The van der Waals surface area contributed by atoms with Crippen molar-refractivity contribution in [2.75, 3.05) is 6.54 Å². The number of thiocarbonyl (C=S) groups is 1. The third-order valence-electron chi connectivity index (χ3n) is 4.71. The van der Waals surface area contributed by atoms with E-state index in [1.807, 2.05) is 30.3 Å². The maximum absolute atomic E-state index is 12.8. The lowest BCUT2D eigenvalue weighted by Gasteiger charge is -2.14. The molecule has 0 radical (unpaired) electrons. The normalized spacial score (nSPS) is 15.8. The topological polar surface area (TPSA) is 93.6 Å². The van der Waals surface area contributed by atoms with Crippen LogP contribution < -0.4 is 5.14 Å². The van der Waals surface area contributed by atoms with Gasteiger partial charge in [0.2, 0.25) is 10.0 Å². The van der Waals surface area contributed by atoms with Crippen molar-refractivity contribution in [2.45, 2.75) is 11.3 Å². The smallest absolute Gasteiger partial charge is 0.266 e. The summed E-state index contributed by atoms with van der Waals surface area (Å²) in [7, 11) is -3.75. The quantitative estimate of drug-likeness (QED) is 0.432. The van der Waals surface area contributed by atoms with Crippen molar-refractivity contribution in [3.05, 3.63) is 83.0 Å². The molecule has 0 aliphatic carbocycles. The summed E-state index contributed by atoms with van der Waals surface area (Å²) in [6, 6.07) is 19.5. The van der Waals surface area contributed by atoms with Gasteiger partial charge in [0.1, 0.15) is 15.8 Å². The molecule has 3 aromatic rings. The number of carbonyl (C=O) groups is 1. The first kappa shape index (κ1) is 21.5. The van der Waals surface area contributed by atoms with Crippen LogP contribution in [0.25, 0.3) is 17.4 Å². The van der Waals surface area contributed by atoms with E-state index in [1.54, 1.807) is 35.2 Å². The zero-order valence-electron chi connectivity index (χ0n) is 16.2. The average Bonchev–Trinajstić information content (AvgIpc) is 3.32. The van der Waals surface area contributed by atoms with E-state index in [0.717, 1.165) is 12.0 Å². The van der Waals surface area contributed by atoms with Crippen LogP contribution in [0.1, 0.15) is 11.3 Å². The minimum atomic E-state index is -3.75. The Hall–Kier alpha value is -2.72. The van der Waals surface area contributed by atoms with Gasteiger partial charge in [0.25, 0.3) is 5.91 Å². The number of rotatable bonds is 6. The first-order valence-corrected chi connectivity index (χ1v) is 12.1. The molecular formula is C22H18N2O4S3. The molecule has 1 aliphatic heterocycles. The lowest BCUT2D eigenvalue weighted by Crippen LogP contribution is -2.30. The molecule has 158 valence electrons. The van der Waals surface area contributed by atoms with Crippen LogP contribution in [0, 0.1) is 0 Å². The minimum Gasteiger partial charge on any atom is -0.457 e. The highest BCUT2D eigenvalue weighted by atomic mass is 32.2. The molecule has 1 aromatic heterocycles. The number of primary sulfonamides is 1. The molecule has 0 bridgehead atoms. The Bertz CT molecular complexity index is 1260. The Balaban J connectivity index is 1.47. The fraction of sp³-hybridized carbons (Fsp3) is 0.0909. The summed E-state index contributed by atoms with van der Waals surface area (Å²) in [6.45, 7) is 0.520. The third-order valence-corrected chi connectivity index (χ3v) is 7.02. The van der Waals surface area contributed by atoms with E-state index in [0.29, 0.717) is 32.9 Å². The van der Waals surface area contributed by atoms with Gasteiger partial charge in [-0.15, -0.1) is 0 Å². The summed E-state index contributed by atoms with van der Waals surface area (Å²) < 4.78 is 29.1. The Morgan fingerprint density at radius 3 is 2.42 bits per heavy atom. The van der Waals surface area contributed by atoms with E-state index in [-0.39, 0.29) is 10.8 Å². The molecule has 1 aliphatic rings. The van der Waals surface area contributed by atoms with Gasteiger partial charge in [-0.25, -0.2) is 13.6 Å². The van der Waals surface area contributed by atoms with Gasteiger partial charge < -0.3 is 4.42 Å². The average molecular weight is 471 g/mol. The summed E-state index contributed by atoms with van der Waals surface area (Å²) in [4.78, 5) is 14.9. The number of thioether (sulfide) groups is 1. The number of benzene rings is 2. The number of carbonyl (C=O) groups excluding carboxylic acids is 1. The van der Waals surface area contributed by atoms with Crippen molar-refractivity contribution in [3.8, 4) is 11.3 Å². The molecule has 1 amide bonds. The Morgan fingerprint density at radius 2 is 1.74 bits per heavy atom. The first-order valence-electron chi connectivity index (χ1n) is 9.33. The zero-order chi connectivity index (χ0) is 22.0. The van der Waals surface area contributed by atoms with Gasteiger partial charge in [-0.05, 0) is 48.4 Å². The summed E-state index contributed by atoms with van der Waals surface area (Å²) in [6.07, 6.45) is 2.39. The number of hydrogen-bond acceptors (Lipinski definition) is 6. The molecule has 31 heavy (non-hydrogen) atoms. The molecule has 0 atom stereocenters. The molecule has 6 nitrogen and oxygen atoms in total. The van der Waals surface area contributed by atoms with Gasteiger partial charge >= 0.3 is 0 Å². The van der Waals surface area contributed by atoms with Crippen LogP contribution in [0.15, 0.2) is 80.9 Å². The number of nitrogens with two attached hydrogens (primary N) is 1. The van der Waals surface area contributed by atoms with Gasteiger partial charge in [0.05, 0.1) is 9.80 Å². The van der Waals surface area contributed by atoms with Crippen LogP contribution in [-0.4, -0.2) is 30.1 Å². The summed E-state index contributed by atoms with van der Waals surface area (Å²) in [5.41, 5.74) is 1.84. The van der Waals surface area contributed by atoms with Crippen molar-refractivity contribution < 1.29 is 17.6 Å². The van der Waals surface area contributed by atoms with Gasteiger partial charge in [-0.3, -0.25) is 9.69 Å². The van der Waals surface area contributed by atoms with Crippen LogP contribution >= 0.6 is 24.0 Å². The molecule has 0 saturated carbocycles. The van der Waals surface area contributed by atoms with Crippen LogP contribution in [-0.2, 0) is 21.2 Å². The molecule has 0 unspecified atom stereocenters. The highest BCUT2D eigenvalue weighted by Crippen LogP contribution is 2.33. The van der Waals surface area contributed by atoms with Gasteiger partial charge in [0.15, 0.2) is 0 Å². The van der Waals surface area contributed by atoms with Gasteiger partial charge in [0, 0.05) is 18.2 Å². The summed E-state index contributed by atoms with van der Waals surface area (Å²) in [5.74, 6) is 0.919. The van der Waals surface area contributed by atoms with Crippen molar-refractivity contribution in [1.29, 1.82) is 0 Å². The van der Waals surface area contributed by atoms with E-state index in [2.05, 4.69) is 0 Å². The SMILES string of the molecule is NS(=O)(=O)c1ccc(-c2ccc(/C=C3/SC(=S)N(CCc4ccccc4)C3=O)o2)cc1. The molecular weight excluding hydrogens is 452 g/mol. The predicted octanol–water partition coefficient (Wildman–Crippen LogP) is 4.04. The fourth-order valence-corrected chi connectivity index (χ4v) is 4.91. The molecule has 1 fully saturated rings. The number of furan rings is 1. The standard InChI is InChI=1S/C22H18N2O4S3/c23-31(26,27)18-9-6-16(7-10-18)19-11-8-17(28-19)14-20-21(25)24(22(29)30-20)13-12-15-4-2-1-3-5-15/h1-11,14H,12-13H2,(H2,23,26,27)/b20-14+. The van der Waals surface area contributed by atoms with E-state index in [1.165, 1.54) is 23.9 Å². The highest BCUT2D eigenvalue weighted by molar-refractivity contribution is 8.26. The van der Waals surface area contributed by atoms with E-state index in [4.69, 9.17) is 21.8 Å². The fourth-order valence-electron chi connectivity index (χ4n) is 3.10. The lowest BCUT2D eigenvalue weighted by molar-refractivity contribution is -0.122. The van der Waals surface area contributed by atoms with E-state index >= 15 is 0 Å². The maximum Gasteiger partial charge on any atom is 0.266 e. The zero-order valence-corrected chi connectivity index (χ0v) is 18.7. The van der Waals surface area contributed by atoms with Crippen molar-refractivity contribution in [1.82, 2.24) is 4.90 Å². The molecule has 2 heterocycles. The van der Waals surface area contributed by atoms with Crippen molar-refractivity contribution in [3.63, 3.8) is 0 Å².